The molecule has 5 rings (SSSR count). The van der Waals surface area contributed by atoms with Crippen LogP contribution in [0.3, 0.4) is 0 Å². The van der Waals surface area contributed by atoms with Crippen molar-refractivity contribution >= 4 is 28.2 Å². The summed E-state index contributed by atoms with van der Waals surface area (Å²) in [5, 5.41) is 7.68. The van der Waals surface area contributed by atoms with Crippen molar-refractivity contribution < 1.29 is 26.7 Å². The maximum absolute atomic E-state index is 15.1. The van der Waals surface area contributed by atoms with Crippen LogP contribution in [0.2, 0.25) is 0 Å². The molecule has 0 aliphatic carbocycles. The molecular formula is C24H18F5N5O. The Bertz CT molecular complexity index is 1520. The standard InChI is InChI=1S/C24H18F5N5O/c1-23(2,24(27,28)29)10-9-14-5-3-6-17-20(14)35-12-4-11-33(17)21-18-16(8-7-15(25)19(18)26)34-13-30-32-22(34)31-21/h3,5-8,13H,4,11-12H2,1-2H3. The zero-order valence-corrected chi connectivity index (χ0v) is 18.6. The lowest BCUT2D eigenvalue weighted by atomic mass is 9.93. The molecule has 2 aromatic heterocycles. The Morgan fingerprint density at radius 1 is 1.09 bits per heavy atom. The van der Waals surface area contributed by atoms with Gasteiger partial charge in [0.25, 0.3) is 5.78 Å². The van der Waals surface area contributed by atoms with E-state index in [1.165, 1.54) is 16.8 Å². The van der Waals surface area contributed by atoms with E-state index < -0.39 is 23.2 Å². The summed E-state index contributed by atoms with van der Waals surface area (Å²) in [6.07, 6.45) is -2.69. The summed E-state index contributed by atoms with van der Waals surface area (Å²) in [5.41, 5.74) is -1.27. The number of hydrogen-bond acceptors (Lipinski definition) is 5. The Morgan fingerprint density at radius 3 is 2.66 bits per heavy atom. The van der Waals surface area contributed by atoms with Gasteiger partial charge in [-0.3, -0.25) is 4.40 Å². The Balaban J connectivity index is 1.73. The van der Waals surface area contributed by atoms with Crippen molar-refractivity contribution in [1.29, 1.82) is 0 Å². The number of ether oxygens (including phenoxy) is 1. The molecule has 0 radical (unpaired) electrons. The summed E-state index contributed by atoms with van der Waals surface area (Å²) < 4.78 is 76.6. The molecule has 11 heteroatoms. The highest BCUT2D eigenvalue weighted by atomic mass is 19.4. The number of rotatable bonds is 1. The van der Waals surface area contributed by atoms with Crippen LogP contribution in [0.4, 0.5) is 33.5 Å². The first kappa shape index (κ1) is 22.8. The highest BCUT2D eigenvalue weighted by Gasteiger charge is 2.46. The third-order valence-corrected chi connectivity index (χ3v) is 5.82. The lowest BCUT2D eigenvalue weighted by Gasteiger charge is -2.25. The number of hydrogen-bond donors (Lipinski definition) is 0. The molecule has 0 amide bonds. The van der Waals surface area contributed by atoms with Crippen LogP contribution in [0.25, 0.3) is 16.7 Å². The van der Waals surface area contributed by atoms with E-state index in [1.807, 2.05) is 0 Å². The molecule has 0 fully saturated rings. The second kappa shape index (κ2) is 8.08. The fraction of sp³-hybridized carbons (Fsp3) is 0.292. The van der Waals surface area contributed by atoms with Gasteiger partial charge in [-0.25, -0.2) is 8.78 Å². The van der Waals surface area contributed by atoms with Gasteiger partial charge in [-0.2, -0.15) is 18.2 Å². The van der Waals surface area contributed by atoms with Gasteiger partial charge in [-0.05, 0) is 44.5 Å². The van der Waals surface area contributed by atoms with Gasteiger partial charge in [0, 0.05) is 6.54 Å². The summed E-state index contributed by atoms with van der Waals surface area (Å²) in [7, 11) is 0. The molecule has 180 valence electrons. The SMILES string of the molecule is CC(C)(C#Cc1cccc2c1OCCCN2c1nc2nncn2c2ccc(F)c(F)c12)C(F)(F)F. The first-order valence-electron chi connectivity index (χ1n) is 10.7. The van der Waals surface area contributed by atoms with E-state index in [0.717, 1.165) is 19.9 Å². The van der Waals surface area contributed by atoms with E-state index in [9.17, 15) is 17.6 Å². The lowest BCUT2D eigenvalue weighted by Crippen LogP contribution is -2.30. The van der Waals surface area contributed by atoms with Crippen LogP contribution in [-0.2, 0) is 0 Å². The zero-order chi connectivity index (χ0) is 25.0. The van der Waals surface area contributed by atoms with E-state index in [-0.39, 0.29) is 34.9 Å². The van der Waals surface area contributed by atoms with Crippen molar-refractivity contribution in [1.82, 2.24) is 19.6 Å². The molecule has 0 atom stereocenters. The minimum atomic E-state index is -4.52. The van der Waals surface area contributed by atoms with Gasteiger partial charge >= 0.3 is 6.18 Å². The van der Waals surface area contributed by atoms with Crippen LogP contribution >= 0.6 is 0 Å². The fourth-order valence-electron chi connectivity index (χ4n) is 3.79. The van der Waals surface area contributed by atoms with E-state index in [2.05, 4.69) is 27.0 Å². The predicted octanol–water partition coefficient (Wildman–Crippen LogP) is 5.42. The molecule has 0 bridgehead atoms. The van der Waals surface area contributed by atoms with E-state index in [1.54, 1.807) is 23.1 Å². The molecule has 0 N–H and O–H groups in total. The van der Waals surface area contributed by atoms with Crippen molar-refractivity contribution in [3.8, 4) is 17.6 Å². The van der Waals surface area contributed by atoms with Gasteiger partial charge in [0.05, 0.1) is 28.8 Å². The average molecular weight is 487 g/mol. The van der Waals surface area contributed by atoms with Crippen LogP contribution in [0.5, 0.6) is 5.75 Å². The second-order valence-corrected chi connectivity index (χ2v) is 8.57. The first-order chi connectivity index (χ1) is 16.6. The highest BCUT2D eigenvalue weighted by molar-refractivity contribution is 5.95. The lowest BCUT2D eigenvalue weighted by molar-refractivity contribution is -0.190. The van der Waals surface area contributed by atoms with Crippen LogP contribution < -0.4 is 9.64 Å². The summed E-state index contributed by atoms with van der Waals surface area (Å²) in [5.74, 6) is 3.25. The van der Waals surface area contributed by atoms with E-state index >= 15 is 4.39 Å². The Labute approximate surface area is 196 Å². The molecule has 3 heterocycles. The van der Waals surface area contributed by atoms with Crippen LogP contribution in [0.15, 0.2) is 36.7 Å². The number of para-hydroxylation sites is 1. The van der Waals surface area contributed by atoms with Crippen molar-refractivity contribution in [2.45, 2.75) is 26.4 Å². The van der Waals surface area contributed by atoms with Crippen molar-refractivity contribution in [3.63, 3.8) is 0 Å². The van der Waals surface area contributed by atoms with Crippen molar-refractivity contribution in [2.24, 2.45) is 5.41 Å². The van der Waals surface area contributed by atoms with Crippen molar-refractivity contribution in [3.05, 3.63) is 53.9 Å². The molecule has 0 saturated heterocycles. The molecule has 2 aromatic carbocycles. The molecule has 6 nitrogen and oxygen atoms in total. The van der Waals surface area contributed by atoms with Crippen LogP contribution in [0, 0.1) is 28.9 Å². The zero-order valence-electron chi connectivity index (χ0n) is 18.6. The molecule has 0 saturated carbocycles. The Kier molecular flexibility index (Phi) is 5.27. The number of aromatic nitrogens is 4. The summed E-state index contributed by atoms with van der Waals surface area (Å²) >= 11 is 0. The minimum absolute atomic E-state index is 0.0835. The number of halogens is 5. The van der Waals surface area contributed by atoms with Gasteiger partial charge in [0.2, 0.25) is 0 Å². The molecule has 1 aliphatic rings. The normalized spacial score (nSPS) is 14.3. The van der Waals surface area contributed by atoms with Crippen LogP contribution in [-0.4, -0.2) is 38.9 Å². The van der Waals surface area contributed by atoms with Gasteiger partial charge in [0.1, 0.15) is 17.6 Å². The van der Waals surface area contributed by atoms with Crippen LogP contribution in [0.1, 0.15) is 25.8 Å². The Hall–Kier alpha value is -3.94. The molecule has 1 aliphatic heterocycles. The topological polar surface area (TPSA) is 55.5 Å². The van der Waals surface area contributed by atoms with Gasteiger partial charge in [-0.1, -0.05) is 17.9 Å². The minimum Gasteiger partial charge on any atom is -0.490 e. The number of fused-ring (bicyclic) bond motifs is 4. The maximum atomic E-state index is 15.1. The molecule has 0 unspecified atom stereocenters. The third-order valence-electron chi connectivity index (χ3n) is 5.82. The number of nitrogens with zero attached hydrogens (tertiary/aromatic N) is 5. The number of benzene rings is 2. The smallest absolute Gasteiger partial charge is 0.404 e. The molecule has 35 heavy (non-hydrogen) atoms. The highest BCUT2D eigenvalue weighted by Crippen LogP contribution is 2.42. The number of alkyl halides is 3. The monoisotopic (exact) mass is 487 g/mol. The van der Waals surface area contributed by atoms with E-state index in [4.69, 9.17) is 4.74 Å². The van der Waals surface area contributed by atoms with Gasteiger partial charge in [0.15, 0.2) is 17.4 Å². The van der Waals surface area contributed by atoms with Gasteiger partial charge in [-0.15, -0.1) is 10.2 Å². The third kappa shape index (κ3) is 3.79. The quantitative estimate of drug-likeness (QED) is 0.265. The summed E-state index contributed by atoms with van der Waals surface area (Å²) in [6, 6.07) is 7.25. The van der Waals surface area contributed by atoms with Gasteiger partial charge < -0.3 is 9.64 Å². The van der Waals surface area contributed by atoms with Crippen molar-refractivity contribution in [2.75, 3.05) is 18.1 Å². The largest absolute Gasteiger partial charge is 0.490 e. The molecule has 4 aromatic rings. The summed E-state index contributed by atoms with van der Waals surface area (Å²) in [6.45, 7) is 2.55. The Morgan fingerprint density at radius 2 is 1.89 bits per heavy atom. The maximum Gasteiger partial charge on any atom is 0.404 e. The number of anilines is 2. The average Bonchev–Trinajstić information content (AvgIpc) is 3.17. The predicted molar refractivity (Wildman–Crippen MR) is 118 cm³/mol. The first-order valence-corrected chi connectivity index (χ1v) is 10.7. The fourth-order valence-corrected chi connectivity index (χ4v) is 3.79. The second-order valence-electron chi connectivity index (χ2n) is 8.57. The van der Waals surface area contributed by atoms with E-state index in [0.29, 0.717) is 24.2 Å². The molecular weight excluding hydrogens is 469 g/mol. The molecule has 0 spiro atoms. The summed E-state index contributed by atoms with van der Waals surface area (Å²) in [4.78, 5) is 6.09.